The molecule has 2 aliphatic heterocycles. The maximum absolute atomic E-state index is 12.5. The van der Waals surface area contributed by atoms with Gasteiger partial charge in [0.05, 0.1) is 6.33 Å². The van der Waals surface area contributed by atoms with Crippen LogP contribution in [0.3, 0.4) is 0 Å². The summed E-state index contributed by atoms with van der Waals surface area (Å²) in [5.74, 6) is 0. The molecule has 1 N–H and O–H groups in total. The Morgan fingerprint density at radius 3 is 2.68 bits per heavy atom. The molecule has 0 aromatic carbocycles. The van der Waals surface area contributed by atoms with Crippen LogP contribution in [0.5, 0.6) is 0 Å². The van der Waals surface area contributed by atoms with Crippen molar-refractivity contribution >= 4 is 6.03 Å². The molecule has 0 saturated carbocycles. The molecule has 1 aromatic heterocycles. The Balaban J connectivity index is 1.34. The summed E-state index contributed by atoms with van der Waals surface area (Å²) in [7, 11) is 0. The van der Waals surface area contributed by atoms with Crippen molar-refractivity contribution in [2.45, 2.75) is 64.0 Å². The van der Waals surface area contributed by atoms with E-state index in [-0.39, 0.29) is 6.03 Å². The van der Waals surface area contributed by atoms with Gasteiger partial charge in [0.15, 0.2) is 0 Å². The molecular weight excluding hydrogens is 314 g/mol. The van der Waals surface area contributed by atoms with Crippen LogP contribution in [0.4, 0.5) is 4.79 Å². The Morgan fingerprint density at radius 1 is 1.08 bits per heavy atom. The predicted octanol–water partition coefficient (Wildman–Crippen LogP) is 2.71. The molecule has 25 heavy (non-hydrogen) atoms. The minimum atomic E-state index is 0.127. The van der Waals surface area contributed by atoms with E-state index in [1.165, 1.54) is 45.2 Å². The molecule has 6 nitrogen and oxygen atoms in total. The minimum absolute atomic E-state index is 0.127. The van der Waals surface area contributed by atoms with E-state index >= 15 is 0 Å². The largest absolute Gasteiger partial charge is 0.338 e. The van der Waals surface area contributed by atoms with E-state index in [0.717, 1.165) is 45.4 Å². The normalized spacial score (nSPS) is 22.6. The van der Waals surface area contributed by atoms with Crippen molar-refractivity contribution < 1.29 is 4.79 Å². The van der Waals surface area contributed by atoms with Crippen LogP contribution in [0.25, 0.3) is 0 Å². The van der Waals surface area contributed by atoms with Gasteiger partial charge in [0, 0.05) is 44.6 Å². The molecule has 3 heterocycles. The first-order valence-electron chi connectivity index (χ1n) is 10.1. The van der Waals surface area contributed by atoms with Crippen molar-refractivity contribution in [1.29, 1.82) is 0 Å². The zero-order chi connectivity index (χ0) is 17.3. The lowest BCUT2D eigenvalue weighted by Gasteiger charge is -2.39. The van der Waals surface area contributed by atoms with Crippen LogP contribution >= 0.6 is 0 Å². The van der Waals surface area contributed by atoms with Crippen LogP contribution < -0.4 is 5.32 Å². The van der Waals surface area contributed by atoms with E-state index in [0.29, 0.717) is 6.04 Å². The minimum Gasteiger partial charge on any atom is -0.338 e. The number of piperidine rings is 1. The van der Waals surface area contributed by atoms with Crippen LogP contribution in [-0.4, -0.2) is 64.1 Å². The summed E-state index contributed by atoms with van der Waals surface area (Å²) in [4.78, 5) is 21.2. The quantitative estimate of drug-likeness (QED) is 0.805. The smallest absolute Gasteiger partial charge is 0.317 e. The van der Waals surface area contributed by atoms with E-state index in [1.807, 2.05) is 17.4 Å². The predicted molar refractivity (Wildman–Crippen MR) is 99.5 cm³/mol. The summed E-state index contributed by atoms with van der Waals surface area (Å²) in [5.41, 5.74) is 0. The molecular formula is C19H33N5O. The highest BCUT2D eigenvalue weighted by atomic mass is 16.2. The molecule has 0 radical (unpaired) electrons. The van der Waals surface area contributed by atoms with Gasteiger partial charge in [-0.15, -0.1) is 0 Å². The van der Waals surface area contributed by atoms with Gasteiger partial charge >= 0.3 is 6.03 Å². The van der Waals surface area contributed by atoms with E-state index in [2.05, 4.69) is 19.8 Å². The second-order valence-corrected chi connectivity index (χ2v) is 7.43. The van der Waals surface area contributed by atoms with Crippen molar-refractivity contribution in [2.24, 2.45) is 0 Å². The first-order valence-corrected chi connectivity index (χ1v) is 10.1. The monoisotopic (exact) mass is 347 g/mol. The maximum atomic E-state index is 12.5. The number of carbonyl (C=O) groups excluding carboxylic acids is 1. The Bertz CT molecular complexity index is 496. The summed E-state index contributed by atoms with van der Waals surface area (Å²) in [6.45, 7) is 5.98. The number of nitrogens with one attached hydrogen (secondary N) is 1. The number of amides is 2. The lowest BCUT2D eigenvalue weighted by Crippen LogP contribution is -2.52. The second-order valence-electron chi connectivity index (χ2n) is 7.43. The number of aryl methyl sites for hydroxylation is 1. The van der Waals surface area contributed by atoms with E-state index < -0.39 is 0 Å². The molecule has 3 rings (SSSR count). The lowest BCUT2D eigenvalue weighted by atomic mass is 10.0. The van der Waals surface area contributed by atoms with E-state index in [1.54, 1.807) is 6.20 Å². The van der Waals surface area contributed by atoms with Gasteiger partial charge in [0.1, 0.15) is 0 Å². The molecule has 2 saturated heterocycles. The fraction of sp³-hybridized carbons (Fsp3) is 0.789. The van der Waals surface area contributed by atoms with Gasteiger partial charge in [-0.05, 0) is 51.6 Å². The molecule has 0 aliphatic carbocycles. The Morgan fingerprint density at radius 2 is 1.92 bits per heavy atom. The van der Waals surface area contributed by atoms with E-state index in [9.17, 15) is 4.79 Å². The van der Waals surface area contributed by atoms with Gasteiger partial charge in [0.2, 0.25) is 0 Å². The topological polar surface area (TPSA) is 53.4 Å². The highest BCUT2D eigenvalue weighted by Crippen LogP contribution is 2.20. The Labute approximate surface area is 151 Å². The average molecular weight is 348 g/mol. The summed E-state index contributed by atoms with van der Waals surface area (Å²) < 4.78 is 2.08. The number of likely N-dealkylation sites (tertiary alicyclic amines) is 2. The number of nitrogens with zero attached hydrogens (tertiary/aromatic N) is 4. The third-order valence-electron chi connectivity index (χ3n) is 5.52. The number of urea groups is 1. The molecule has 1 atom stereocenters. The Kier molecular flexibility index (Phi) is 7.15. The molecule has 1 unspecified atom stereocenters. The standard InChI is InChI=1S/C19H33N5O/c25-19(21-9-3-6-11-22-15-10-20-17-22)24-14-7-8-18(16-24)23-12-4-1-2-5-13-23/h10,15,17-18H,1-9,11-14,16H2,(H,21,25). The number of rotatable bonds is 6. The third kappa shape index (κ3) is 5.73. The van der Waals surface area contributed by atoms with Gasteiger partial charge in [-0.1, -0.05) is 12.8 Å². The van der Waals surface area contributed by atoms with Crippen LogP contribution in [-0.2, 0) is 6.54 Å². The highest BCUT2D eigenvalue weighted by molar-refractivity contribution is 5.74. The maximum Gasteiger partial charge on any atom is 0.317 e. The average Bonchev–Trinajstić information content (AvgIpc) is 3.01. The number of carbonyl (C=O) groups is 1. The van der Waals surface area contributed by atoms with Crippen molar-refractivity contribution in [3.63, 3.8) is 0 Å². The van der Waals surface area contributed by atoms with Crippen molar-refractivity contribution in [2.75, 3.05) is 32.7 Å². The number of hydrogen-bond acceptors (Lipinski definition) is 3. The van der Waals surface area contributed by atoms with Crippen LogP contribution in [0, 0.1) is 0 Å². The molecule has 2 aliphatic rings. The number of hydrogen-bond donors (Lipinski definition) is 1. The number of imidazole rings is 1. The van der Waals surface area contributed by atoms with Crippen molar-refractivity contribution in [3.8, 4) is 0 Å². The SMILES string of the molecule is O=C(NCCCCn1ccnc1)N1CCCC(N2CCCCCC2)C1. The Hall–Kier alpha value is -1.56. The van der Waals surface area contributed by atoms with Crippen LogP contribution in [0.1, 0.15) is 51.4 Å². The van der Waals surface area contributed by atoms with E-state index in [4.69, 9.17) is 0 Å². The third-order valence-corrected chi connectivity index (χ3v) is 5.52. The molecule has 2 fully saturated rings. The first-order chi connectivity index (χ1) is 12.3. The summed E-state index contributed by atoms with van der Waals surface area (Å²) in [6.07, 6.45) is 15.5. The van der Waals surface area contributed by atoms with Crippen LogP contribution in [0.2, 0.25) is 0 Å². The van der Waals surface area contributed by atoms with Crippen molar-refractivity contribution in [1.82, 2.24) is 24.7 Å². The van der Waals surface area contributed by atoms with Crippen LogP contribution in [0.15, 0.2) is 18.7 Å². The molecule has 1 aromatic rings. The van der Waals surface area contributed by atoms with Gasteiger partial charge in [-0.3, -0.25) is 4.90 Å². The summed E-state index contributed by atoms with van der Waals surface area (Å²) in [6, 6.07) is 0.695. The number of unbranched alkanes of at least 4 members (excludes halogenated alkanes) is 1. The van der Waals surface area contributed by atoms with Gasteiger partial charge in [-0.2, -0.15) is 0 Å². The lowest BCUT2D eigenvalue weighted by molar-refractivity contribution is 0.111. The second kappa shape index (κ2) is 9.80. The van der Waals surface area contributed by atoms with Gasteiger partial charge in [0.25, 0.3) is 0 Å². The van der Waals surface area contributed by atoms with Gasteiger partial charge < -0.3 is 14.8 Å². The summed E-state index contributed by atoms with van der Waals surface area (Å²) in [5, 5.41) is 3.11. The van der Waals surface area contributed by atoms with Crippen molar-refractivity contribution in [3.05, 3.63) is 18.7 Å². The summed E-state index contributed by atoms with van der Waals surface area (Å²) >= 11 is 0. The molecule has 0 bridgehead atoms. The molecule has 0 spiro atoms. The molecule has 6 heteroatoms. The van der Waals surface area contributed by atoms with Gasteiger partial charge in [-0.25, -0.2) is 9.78 Å². The fourth-order valence-electron chi connectivity index (χ4n) is 4.04. The highest BCUT2D eigenvalue weighted by Gasteiger charge is 2.27. The number of aromatic nitrogens is 2. The molecule has 2 amide bonds. The first kappa shape index (κ1) is 18.2. The fourth-order valence-corrected chi connectivity index (χ4v) is 4.04. The zero-order valence-electron chi connectivity index (χ0n) is 15.4. The zero-order valence-corrected chi connectivity index (χ0v) is 15.4. The molecule has 140 valence electrons.